The fraction of sp³-hybridized carbons (Fsp3) is 0.867. The molecule has 1 N–H and O–H groups in total. The molecule has 2 rings (SSSR count). The lowest BCUT2D eigenvalue weighted by atomic mass is 9.96. The Balaban J connectivity index is 1.56. The van der Waals surface area contributed by atoms with Crippen LogP contribution in [0.2, 0.25) is 0 Å². The maximum absolute atomic E-state index is 12.1. The van der Waals surface area contributed by atoms with E-state index in [0.29, 0.717) is 13.1 Å². The summed E-state index contributed by atoms with van der Waals surface area (Å²) in [6.45, 7) is 8.40. The fourth-order valence-electron chi connectivity index (χ4n) is 2.94. The summed E-state index contributed by atoms with van der Waals surface area (Å²) >= 11 is 0. The van der Waals surface area contributed by atoms with Crippen LogP contribution in [0.25, 0.3) is 0 Å². The van der Waals surface area contributed by atoms with E-state index in [-0.39, 0.29) is 17.7 Å². The average molecular weight is 297 g/mol. The number of likely N-dealkylation sites (tertiary alicyclic amines) is 1. The van der Waals surface area contributed by atoms with Crippen molar-refractivity contribution in [2.24, 2.45) is 5.92 Å². The topological polar surface area (TPSA) is 61.9 Å². The summed E-state index contributed by atoms with van der Waals surface area (Å²) in [5.41, 5.74) is 0. The van der Waals surface area contributed by atoms with Crippen molar-refractivity contribution in [2.45, 2.75) is 26.2 Å². The van der Waals surface area contributed by atoms with Gasteiger partial charge in [-0.1, -0.05) is 0 Å². The minimum Gasteiger partial charge on any atom is -0.379 e. The van der Waals surface area contributed by atoms with Crippen molar-refractivity contribution >= 4 is 11.8 Å². The molecule has 120 valence electrons. The SMILES string of the molecule is CC(=O)N1CCC(C(=O)NCCCN2CCOCC2)CC1. The number of hydrogen-bond donors (Lipinski definition) is 1. The van der Waals surface area contributed by atoms with Crippen LogP contribution in [0.5, 0.6) is 0 Å². The van der Waals surface area contributed by atoms with Gasteiger partial charge in [-0.05, 0) is 25.8 Å². The number of nitrogens with one attached hydrogen (secondary N) is 1. The highest BCUT2D eigenvalue weighted by atomic mass is 16.5. The zero-order chi connectivity index (χ0) is 15.1. The van der Waals surface area contributed by atoms with Crippen LogP contribution < -0.4 is 5.32 Å². The van der Waals surface area contributed by atoms with E-state index in [1.165, 1.54) is 0 Å². The Hall–Kier alpha value is -1.14. The Bertz CT molecular complexity index is 348. The number of carbonyl (C=O) groups is 2. The maximum atomic E-state index is 12.1. The molecule has 6 nitrogen and oxygen atoms in total. The van der Waals surface area contributed by atoms with Crippen LogP contribution in [-0.4, -0.2) is 74.1 Å². The molecule has 21 heavy (non-hydrogen) atoms. The van der Waals surface area contributed by atoms with E-state index < -0.39 is 0 Å². The Morgan fingerprint density at radius 1 is 1.14 bits per heavy atom. The molecule has 2 aliphatic heterocycles. The monoisotopic (exact) mass is 297 g/mol. The van der Waals surface area contributed by atoms with Gasteiger partial charge >= 0.3 is 0 Å². The van der Waals surface area contributed by atoms with Gasteiger partial charge in [-0.2, -0.15) is 0 Å². The first-order valence-electron chi connectivity index (χ1n) is 8.00. The van der Waals surface area contributed by atoms with Gasteiger partial charge in [0.2, 0.25) is 11.8 Å². The summed E-state index contributed by atoms with van der Waals surface area (Å²) in [5, 5.41) is 3.04. The fourth-order valence-corrected chi connectivity index (χ4v) is 2.94. The molecular formula is C15H27N3O3. The van der Waals surface area contributed by atoms with Gasteiger partial charge in [-0.3, -0.25) is 14.5 Å². The molecule has 0 saturated carbocycles. The van der Waals surface area contributed by atoms with Crippen molar-refractivity contribution < 1.29 is 14.3 Å². The van der Waals surface area contributed by atoms with Crippen LogP contribution in [0.3, 0.4) is 0 Å². The van der Waals surface area contributed by atoms with Crippen LogP contribution in [0, 0.1) is 5.92 Å². The third-order valence-corrected chi connectivity index (χ3v) is 4.37. The average Bonchev–Trinajstić information content (AvgIpc) is 2.52. The molecule has 2 amide bonds. The highest BCUT2D eigenvalue weighted by molar-refractivity contribution is 5.79. The molecule has 0 aliphatic carbocycles. The minimum atomic E-state index is 0.0731. The van der Waals surface area contributed by atoms with Crippen molar-refractivity contribution in [3.05, 3.63) is 0 Å². The van der Waals surface area contributed by atoms with Crippen LogP contribution in [0.1, 0.15) is 26.2 Å². The number of rotatable bonds is 5. The molecule has 0 bridgehead atoms. The van der Waals surface area contributed by atoms with E-state index in [2.05, 4.69) is 10.2 Å². The van der Waals surface area contributed by atoms with Gasteiger partial charge in [-0.15, -0.1) is 0 Å². The standard InChI is InChI=1S/C15H27N3O3/c1-13(19)18-7-3-14(4-8-18)15(20)16-5-2-6-17-9-11-21-12-10-17/h14H,2-12H2,1H3,(H,16,20). The summed E-state index contributed by atoms with van der Waals surface area (Å²) in [6.07, 6.45) is 2.56. The minimum absolute atomic E-state index is 0.0731. The Labute approximate surface area is 126 Å². The molecule has 0 atom stereocenters. The molecular weight excluding hydrogens is 270 g/mol. The highest BCUT2D eigenvalue weighted by Gasteiger charge is 2.25. The quantitative estimate of drug-likeness (QED) is 0.730. The van der Waals surface area contributed by atoms with Crippen molar-refractivity contribution in [1.29, 1.82) is 0 Å². The van der Waals surface area contributed by atoms with Gasteiger partial charge < -0.3 is 15.0 Å². The number of amides is 2. The molecule has 0 aromatic carbocycles. The van der Waals surface area contributed by atoms with Gasteiger partial charge in [0, 0.05) is 45.6 Å². The van der Waals surface area contributed by atoms with Gasteiger partial charge in [-0.25, -0.2) is 0 Å². The number of hydrogen-bond acceptors (Lipinski definition) is 4. The first kappa shape index (κ1) is 16.2. The maximum Gasteiger partial charge on any atom is 0.223 e. The van der Waals surface area contributed by atoms with E-state index in [9.17, 15) is 9.59 Å². The van der Waals surface area contributed by atoms with E-state index in [0.717, 1.165) is 58.7 Å². The predicted octanol–water partition coefficient (Wildman–Crippen LogP) is 0.0834. The number of carbonyl (C=O) groups excluding carboxylic acids is 2. The Kier molecular flexibility index (Phi) is 6.45. The number of morpholine rings is 1. The normalized spacial score (nSPS) is 21.3. The van der Waals surface area contributed by atoms with Crippen molar-refractivity contribution in [3.8, 4) is 0 Å². The van der Waals surface area contributed by atoms with Crippen molar-refractivity contribution in [1.82, 2.24) is 15.1 Å². The molecule has 0 aromatic heterocycles. The van der Waals surface area contributed by atoms with E-state index in [1.54, 1.807) is 6.92 Å². The highest BCUT2D eigenvalue weighted by Crippen LogP contribution is 2.17. The van der Waals surface area contributed by atoms with E-state index >= 15 is 0 Å². The second-order valence-corrected chi connectivity index (χ2v) is 5.88. The molecule has 2 aliphatic rings. The van der Waals surface area contributed by atoms with Crippen LogP contribution in [0.15, 0.2) is 0 Å². The van der Waals surface area contributed by atoms with E-state index in [1.807, 2.05) is 4.90 Å². The van der Waals surface area contributed by atoms with Gasteiger partial charge in [0.05, 0.1) is 13.2 Å². The van der Waals surface area contributed by atoms with Gasteiger partial charge in [0.25, 0.3) is 0 Å². The third kappa shape index (κ3) is 5.28. The zero-order valence-electron chi connectivity index (χ0n) is 13.0. The van der Waals surface area contributed by atoms with E-state index in [4.69, 9.17) is 4.74 Å². The Morgan fingerprint density at radius 2 is 1.81 bits per heavy atom. The van der Waals surface area contributed by atoms with Crippen molar-refractivity contribution in [2.75, 3.05) is 52.5 Å². The number of nitrogens with zero attached hydrogens (tertiary/aromatic N) is 2. The van der Waals surface area contributed by atoms with Gasteiger partial charge in [0.15, 0.2) is 0 Å². The van der Waals surface area contributed by atoms with Crippen LogP contribution >= 0.6 is 0 Å². The lowest BCUT2D eigenvalue weighted by Crippen LogP contribution is -2.43. The van der Waals surface area contributed by atoms with Crippen LogP contribution in [0.4, 0.5) is 0 Å². The van der Waals surface area contributed by atoms with Crippen LogP contribution in [-0.2, 0) is 14.3 Å². The summed E-state index contributed by atoms with van der Waals surface area (Å²) < 4.78 is 5.31. The molecule has 0 spiro atoms. The third-order valence-electron chi connectivity index (χ3n) is 4.37. The first-order valence-corrected chi connectivity index (χ1v) is 8.00. The Morgan fingerprint density at radius 3 is 2.43 bits per heavy atom. The summed E-state index contributed by atoms with van der Waals surface area (Å²) in [5.74, 6) is 0.337. The molecule has 2 fully saturated rings. The lowest BCUT2D eigenvalue weighted by Gasteiger charge is -2.30. The summed E-state index contributed by atoms with van der Waals surface area (Å²) in [4.78, 5) is 27.5. The predicted molar refractivity (Wildman–Crippen MR) is 79.9 cm³/mol. The number of piperidine rings is 1. The lowest BCUT2D eigenvalue weighted by molar-refractivity contribution is -0.133. The van der Waals surface area contributed by atoms with Gasteiger partial charge in [0.1, 0.15) is 0 Å². The van der Waals surface area contributed by atoms with Crippen molar-refractivity contribution in [3.63, 3.8) is 0 Å². The molecule has 0 aromatic rings. The zero-order valence-corrected chi connectivity index (χ0v) is 13.0. The smallest absolute Gasteiger partial charge is 0.223 e. The molecule has 6 heteroatoms. The molecule has 2 heterocycles. The first-order chi connectivity index (χ1) is 10.2. The second kappa shape index (κ2) is 8.34. The second-order valence-electron chi connectivity index (χ2n) is 5.88. The molecule has 0 unspecified atom stereocenters. The number of ether oxygens (including phenoxy) is 1. The molecule has 2 saturated heterocycles. The molecule has 0 radical (unpaired) electrons. The largest absolute Gasteiger partial charge is 0.379 e. The summed E-state index contributed by atoms with van der Waals surface area (Å²) in [6, 6.07) is 0. The summed E-state index contributed by atoms with van der Waals surface area (Å²) in [7, 11) is 0.